The molecule has 3 rings (SSSR count). The Labute approximate surface area is 150 Å². The lowest BCUT2D eigenvalue weighted by molar-refractivity contribution is -0.125. The van der Waals surface area contributed by atoms with E-state index in [9.17, 15) is 4.79 Å². The van der Waals surface area contributed by atoms with E-state index in [2.05, 4.69) is 15.4 Å². The van der Waals surface area contributed by atoms with Gasteiger partial charge < -0.3 is 10.1 Å². The fourth-order valence-electron chi connectivity index (χ4n) is 2.40. The molecule has 25 heavy (non-hydrogen) atoms. The van der Waals surface area contributed by atoms with Crippen LogP contribution in [-0.4, -0.2) is 27.8 Å². The second kappa shape index (κ2) is 7.94. The topological polar surface area (TPSA) is 69.0 Å². The Hall–Kier alpha value is -2.67. The number of nitrogens with one attached hydrogen (secondary N) is 1. The zero-order chi connectivity index (χ0) is 17.6. The van der Waals surface area contributed by atoms with Crippen molar-refractivity contribution in [1.29, 1.82) is 0 Å². The molecule has 0 aliphatic carbocycles. The molecule has 0 fully saturated rings. The highest BCUT2D eigenvalue weighted by molar-refractivity contribution is 7.15. The van der Waals surface area contributed by atoms with Gasteiger partial charge in [0.2, 0.25) is 5.91 Å². The molecule has 1 amide bonds. The highest BCUT2D eigenvalue weighted by Gasteiger charge is 2.14. The van der Waals surface area contributed by atoms with Crippen molar-refractivity contribution in [2.24, 2.45) is 5.92 Å². The number of hydrogen-bond donors (Lipinski definition) is 1. The van der Waals surface area contributed by atoms with Gasteiger partial charge in [0.15, 0.2) is 0 Å². The van der Waals surface area contributed by atoms with Gasteiger partial charge in [0.25, 0.3) is 0 Å². The molecule has 1 atom stereocenters. The molecule has 0 unspecified atom stereocenters. The second-order valence-corrected chi connectivity index (χ2v) is 6.83. The molecule has 0 aliphatic rings. The summed E-state index contributed by atoms with van der Waals surface area (Å²) in [5.41, 5.74) is 1.01. The van der Waals surface area contributed by atoms with Crippen LogP contribution >= 0.6 is 11.3 Å². The summed E-state index contributed by atoms with van der Waals surface area (Å²) in [6.45, 7) is 2.94. The zero-order valence-electron chi connectivity index (χ0n) is 14.2. The van der Waals surface area contributed by atoms with Crippen molar-refractivity contribution in [3.63, 3.8) is 0 Å². The molecule has 0 saturated carbocycles. The average molecular weight is 356 g/mol. The van der Waals surface area contributed by atoms with Gasteiger partial charge in [0.05, 0.1) is 26.1 Å². The number of thiazole rings is 1. The maximum Gasteiger partial charge on any atom is 0.224 e. The van der Waals surface area contributed by atoms with Gasteiger partial charge in [-0.25, -0.2) is 4.98 Å². The summed E-state index contributed by atoms with van der Waals surface area (Å²) in [6.07, 6.45) is 5.37. The van der Waals surface area contributed by atoms with Gasteiger partial charge in [0.1, 0.15) is 10.8 Å². The van der Waals surface area contributed by atoms with Gasteiger partial charge in [-0.15, -0.1) is 11.3 Å². The van der Waals surface area contributed by atoms with E-state index < -0.39 is 0 Å². The van der Waals surface area contributed by atoms with E-state index in [0.717, 1.165) is 21.2 Å². The molecule has 3 aromatic rings. The number of carbonyl (C=O) groups excluding carboxylic acids is 1. The first-order valence-corrected chi connectivity index (χ1v) is 8.81. The number of benzene rings is 1. The number of amides is 1. The Morgan fingerprint density at radius 3 is 3.04 bits per heavy atom. The molecule has 2 aromatic heterocycles. The van der Waals surface area contributed by atoms with E-state index in [1.165, 1.54) is 0 Å². The molecule has 0 spiro atoms. The van der Waals surface area contributed by atoms with Crippen LogP contribution in [0.4, 0.5) is 0 Å². The number of methoxy groups -OCH3 is 1. The van der Waals surface area contributed by atoms with Crippen molar-refractivity contribution in [3.05, 3.63) is 53.8 Å². The zero-order valence-corrected chi connectivity index (χ0v) is 15.0. The van der Waals surface area contributed by atoms with E-state index in [0.29, 0.717) is 13.1 Å². The first kappa shape index (κ1) is 17.2. The van der Waals surface area contributed by atoms with Gasteiger partial charge in [-0.1, -0.05) is 19.1 Å². The van der Waals surface area contributed by atoms with E-state index in [4.69, 9.17) is 4.74 Å². The molecule has 0 bridgehead atoms. The fourth-order valence-corrected chi connectivity index (χ4v) is 3.25. The maximum atomic E-state index is 12.2. The van der Waals surface area contributed by atoms with Gasteiger partial charge >= 0.3 is 0 Å². The Morgan fingerprint density at radius 2 is 2.28 bits per heavy atom. The van der Waals surface area contributed by atoms with Crippen LogP contribution in [0.15, 0.2) is 48.9 Å². The largest absolute Gasteiger partial charge is 0.497 e. The predicted molar refractivity (Wildman–Crippen MR) is 97.3 cm³/mol. The molecular weight excluding hydrogens is 336 g/mol. The van der Waals surface area contributed by atoms with Crippen LogP contribution in [0, 0.1) is 5.92 Å². The molecule has 130 valence electrons. The normalized spacial score (nSPS) is 11.9. The quantitative estimate of drug-likeness (QED) is 0.707. The Balaban J connectivity index is 1.57. The summed E-state index contributed by atoms with van der Waals surface area (Å²) in [4.78, 5) is 17.7. The first-order chi connectivity index (χ1) is 12.2. The minimum absolute atomic E-state index is 0.00632. The smallest absolute Gasteiger partial charge is 0.224 e. The summed E-state index contributed by atoms with van der Waals surface area (Å²) in [5.74, 6) is 0.660. The minimum atomic E-state index is -0.148. The fraction of sp³-hybridized carbons (Fsp3) is 0.278. The monoisotopic (exact) mass is 356 g/mol. The van der Waals surface area contributed by atoms with Crippen LogP contribution in [0.1, 0.15) is 11.8 Å². The summed E-state index contributed by atoms with van der Waals surface area (Å²) < 4.78 is 7.01. The average Bonchev–Trinajstić information content (AvgIpc) is 3.31. The van der Waals surface area contributed by atoms with E-state index >= 15 is 0 Å². The van der Waals surface area contributed by atoms with Crippen LogP contribution in [0.5, 0.6) is 5.75 Å². The molecule has 0 aliphatic heterocycles. The highest BCUT2D eigenvalue weighted by Crippen LogP contribution is 2.27. The Bertz CT molecular complexity index is 829. The third-order valence-electron chi connectivity index (χ3n) is 3.77. The Morgan fingerprint density at radius 1 is 1.40 bits per heavy atom. The van der Waals surface area contributed by atoms with Gasteiger partial charge in [-0.2, -0.15) is 5.10 Å². The van der Waals surface area contributed by atoms with Crippen LogP contribution in [0.2, 0.25) is 0 Å². The summed E-state index contributed by atoms with van der Waals surface area (Å²) in [7, 11) is 1.65. The number of hydrogen-bond acceptors (Lipinski definition) is 5. The molecule has 1 N–H and O–H groups in total. The molecule has 2 heterocycles. The number of carbonyl (C=O) groups is 1. The standard InChI is InChI=1S/C18H20N4O2S/c1-13(12-22-8-4-7-21-22)17(23)19-10-16-11-20-18(25-16)14-5-3-6-15(9-14)24-2/h3-9,11,13H,10,12H2,1-2H3,(H,19,23)/t13-/m0/s1. The molecule has 0 radical (unpaired) electrons. The van der Waals surface area contributed by atoms with Crippen molar-refractivity contribution in [2.45, 2.75) is 20.0 Å². The van der Waals surface area contributed by atoms with Crippen LogP contribution < -0.4 is 10.1 Å². The maximum absolute atomic E-state index is 12.2. The molecule has 1 aromatic carbocycles. The highest BCUT2D eigenvalue weighted by atomic mass is 32.1. The third kappa shape index (κ3) is 4.45. The summed E-state index contributed by atoms with van der Waals surface area (Å²) in [6, 6.07) is 9.64. The number of ether oxygens (including phenoxy) is 1. The van der Waals surface area contributed by atoms with Crippen molar-refractivity contribution in [1.82, 2.24) is 20.1 Å². The molecule has 6 nitrogen and oxygen atoms in total. The molecular formula is C18H20N4O2S. The van der Waals surface area contributed by atoms with Gasteiger partial charge in [0, 0.05) is 29.0 Å². The van der Waals surface area contributed by atoms with Crippen LogP contribution in [0.3, 0.4) is 0 Å². The minimum Gasteiger partial charge on any atom is -0.497 e. The number of aromatic nitrogens is 3. The van der Waals surface area contributed by atoms with Gasteiger partial charge in [-0.3, -0.25) is 9.48 Å². The van der Waals surface area contributed by atoms with E-state index in [1.807, 2.05) is 43.5 Å². The number of nitrogens with zero attached hydrogens (tertiary/aromatic N) is 3. The van der Waals surface area contributed by atoms with Crippen molar-refractivity contribution < 1.29 is 9.53 Å². The lowest BCUT2D eigenvalue weighted by Crippen LogP contribution is -2.31. The van der Waals surface area contributed by atoms with Crippen molar-refractivity contribution in [2.75, 3.05) is 7.11 Å². The number of rotatable bonds is 7. The summed E-state index contributed by atoms with van der Waals surface area (Å²) >= 11 is 1.57. The van der Waals surface area contributed by atoms with Crippen molar-refractivity contribution >= 4 is 17.2 Å². The van der Waals surface area contributed by atoms with Gasteiger partial charge in [-0.05, 0) is 18.2 Å². The van der Waals surface area contributed by atoms with Crippen molar-refractivity contribution in [3.8, 4) is 16.3 Å². The molecule has 7 heteroatoms. The van der Waals surface area contributed by atoms with Crippen LogP contribution in [0.25, 0.3) is 10.6 Å². The third-order valence-corrected chi connectivity index (χ3v) is 4.82. The molecule has 0 saturated heterocycles. The van der Waals surface area contributed by atoms with E-state index in [-0.39, 0.29) is 11.8 Å². The lowest BCUT2D eigenvalue weighted by Gasteiger charge is -2.11. The SMILES string of the molecule is COc1cccc(-c2ncc(CNC(=O)[C@@H](C)Cn3cccn3)s2)c1. The summed E-state index contributed by atoms with van der Waals surface area (Å²) in [5, 5.41) is 8.00. The lowest BCUT2D eigenvalue weighted by atomic mass is 10.1. The first-order valence-electron chi connectivity index (χ1n) is 8.00. The van der Waals surface area contributed by atoms with Crippen LogP contribution in [-0.2, 0) is 17.9 Å². The second-order valence-electron chi connectivity index (χ2n) is 5.71. The van der Waals surface area contributed by atoms with E-state index in [1.54, 1.807) is 35.5 Å². The Kier molecular flexibility index (Phi) is 5.45. The predicted octanol–water partition coefficient (Wildman–Crippen LogP) is 2.97.